The van der Waals surface area contributed by atoms with Gasteiger partial charge in [-0.2, -0.15) is 5.10 Å². The van der Waals surface area contributed by atoms with E-state index in [0.29, 0.717) is 0 Å². The van der Waals surface area contributed by atoms with E-state index in [4.69, 9.17) is 0 Å². The van der Waals surface area contributed by atoms with Crippen LogP contribution in [-0.2, 0) is 0 Å². The fraction of sp³-hybridized carbons (Fsp3) is 0. The molecule has 0 aliphatic heterocycles. The maximum atomic E-state index is 4.13. The normalized spacial score (nSPS) is 10.0. The molecule has 2 aromatic rings. The van der Waals surface area contributed by atoms with Gasteiger partial charge in [0.1, 0.15) is 7.85 Å². The van der Waals surface area contributed by atoms with E-state index in [2.05, 4.69) is 37.2 Å². The Kier molecular flexibility index (Phi) is 1.70. The zero-order valence-electron chi connectivity index (χ0n) is 6.94. The molecule has 0 fully saturated rings. The smallest absolute Gasteiger partial charge is 0.139 e. The van der Waals surface area contributed by atoms with Crippen LogP contribution in [0.15, 0.2) is 42.7 Å². The molecule has 0 N–H and O–H groups in total. The summed E-state index contributed by atoms with van der Waals surface area (Å²) in [5.74, 6) is 0. The second kappa shape index (κ2) is 2.85. The van der Waals surface area contributed by atoms with Gasteiger partial charge in [-0.15, -0.1) is 0 Å². The van der Waals surface area contributed by atoms with Crippen LogP contribution in [0.1, 0.15) is 0 Å². The standard InChI is InChI=1S/C9H9BN2/c10-8-2-4-9(5-3-8)12-7-1-6-11-12/h1-7H,10H2. The zero-order valence-corrected chi connectivity index (χ0v) is 6.94. The number of benzene rings is 1. The molecule has 1 aromatic heterocycles. The third kappa shape index (κ3) is 1.26. The minimum Gasteiger partial charge on any atom is -0.241 e. The molecule has 0 unspecified atom stereocenters. The second-order valence-corrected chi connectivity index (χ2v) is 2.79. The lowest BCUT2D eigenvalue weighted by molar-refractivity contribution is 0.881. The highest BCUT2D eigenvalue weighted by atomic mass is 15.3. The molecule has 0 aliphatic rings. The van der Waals surface area contributed by atoms with Crippen LogP contribution in [0.5, 0.6) is 0 Å². The molecule has 2 nitrogen and oxygen atoms in total. The van der Waals surface area contributed by atoms with Gasteiger partial charge in [-0.25, -0.2) is 4.68 Å². The summed E-state index contributed by atoms with van der Waals surface area (Å²) in [5, 5.41) is 4.13. The first-order chi connectivity index (χ1) is 5.86. The van der Waals surface area contributed by atoms with Gasteiger partial charge in [0.2, 0.25) is 0 Å². The van der Waals surface area contributed by atoms with Crippen LogP contribution in [-0.4, -0.2) is 17.6 Å². The van der Waals surface area contributed by atoms with E-state index in [1.807, 2.05) is 16.9 Å². The van der Waals surface area contributed by atoms with Gasteiger partial charge in [0.15, 0.2) is 0 Å². The highest BCUT2D eigenvalue weighted by molar-refractivity contribution is 6.32. The Labute approximate surface area is 72.2 Å². The number of rotatable bonds is 1. The molecule has 0 saturated heterocycles. The fourth-order valence-corrected chi connectivity index (χ4v) is 1.12. The van der Waals surface area contributed by atoms with Crippen molar-refractivity contribution in [3.8, 4) is 5.69 Å². The van der Waals surface area contributed by atoms with Gasteiger partial charge in [0, 0.05) is 12.4 Å². The Morgan fingerprint density at radius 3 is 2.50 bits per heavy atom. The van der Waals surface area contributed by atoms with Gasteiger partial charge in [-0.3, -0.25) is 0 Å². The summed E-state index contributed by atoms with van der Waals surface area (Å²) in [5.41, 5.74) is 2.37. The lowest BCUT2D eigenvalue weighted by Crippen LogP contribution is -2.02. The molecule has 0 aliphatic carbocycles. The van der Waals surface area contributed by atoms with E-state index in [1.54, 1.807) is 6.20 Å². The van der Waals surface area contributed by atoms with Crippen LogP contribution in [0.2, 0.25) is 0 Å². The molecule has 1 aromatic carbocycles. The van der Waals surface area contributed by atoms with Crippen molar-refractivity contribution in [3.63, 3.8) is 0 Å². The van der Waals surface area contributed by atoms with Crippen molar-refractivity contribution in [1.82, 2.24) is 9.78 Å². The van der Waals surface area contributed by atoms with Crippen LogP contribution in [0.25, 0.3) is 5.69 Å². The van der Waals surface area contributed by atoms with Gasteiger partial charge >= 0.3 is 0 Å². The summed E-state index contributed by atoms with van der Waals surface area (Å²) in [6, 6.07) is 10.2. The van der Waals surface area contributed by atoms with E-state index in [0.717, 1.165) is 5.69 Å². The SMILES string of the molecule is Bc1ccc(-n2cccn2)cc1. The van der Waals surface area contributed by atoms with Gasteiger partial charge in [-0.05, 0) is 18.2 Å². The summed E-state index contributed by atoms with van der Waals surface area (Å²) in [7, 11) is 2.08. The van der Waals surface area contributed by atoms with Crippen molar-refractivity contribution in [3.05, 3.63) is 42.7 Å². The number of nitrogens with zero attached hydrogens (tertiary/aromatic N) is 2. The second-order valence-electron chi connectivity index (χ2n) is 2.79. The third-order valence-electron chi connectivity index (χ3n) is 1.80. The van der Waals surface area contributed by atoms with Crippen molar-refractivity contribution in [2.24, 2.45) is 0 Å². The number of aromatic nitrogens is 2. The van der Waals surface area contributed by atoms with Crippen LogP contribution in [0, 0.1) is 0 Å². The first-order valence-electron chi connectivity index (χ1n) is 3.93. The molecule has 1 heterocycles. The van der Waals surface area contributed by atoms with E-state index >= 15 is 0 Å². The van der Waals surface area contributed by atoms with Crippen LogP contribution < -0.4 is 5.46 Å². The molecule has 3 heteroatoms. The van der Waals surface area contributed by atoms with Crippen LogP contribution in [0.3, 0.4) is 0 Å². The molecular weight excluding hydrogens is 147 g/mol. The molecule has 0 spiro atoms. The summed E-state index contributed by atoms with van der Waals surface area (Å²) in [6.07, 6.45) is 3.71. The number of hydrogen-bond acceptors (Lipinski definition) is 1. The summed E-state index contributed by atoms with van der Waals surface area (Å²) >= 11 is 0. The molecule has 58 valence electrons. The molecule has 0 bridgehead atoms. The molecule has 0 saturated carbocycles. The lowest BCUT2D eigenvalue weighted by atomic mass is 9.96. The van der Waals surface area contributed by atoms with Crippen molar-refractivity contribution in [2.75, 3.05) is 0 Å². The predicted molar refractivity (Wildman–Crippen MR) is 51.7 cm³/mol. The van der Waals surface area contributed by atoms with Gasteiger partial charge in [0.05, 0.1) is 5.69 Å². The first kappa shape index (κ1) is 7.16. The number of hydrogen-bond donors (Lipinski definition) is 0. The van der Waals surface area contributed by atoms with E-state index in [1.165, 1.54) is 5.46 Å². The Morgan fingerprint density at radius 1 is 1.17 bits per heavy atom. The topological polar surface area (TPSA) is 17.8 Å². The van der Waals surface area contributed by atoms with Gasteiger partial charge < -0.3 is 0 Å². The van der Waals surface area contributed by atoms with Crippen molar-refractivity contribution < 1.29 is 0 Å². The summed E-state index contributed by atoms with van der Waals surface area (Å²) in [6.45, 7) is 0. The van der Waals surface area contributed by atoms with Crippen molar-refractivity contribution in [2.45, 2.75) is 0 Å². The molecule has 12 heavy (non-hydrogen) atoms. The Morgan fingerprint density at radius 2 is 1.92 bits per heavy atom. The quantitative estimate of drug-likeness (QED) is 0.536. The third-order valence-corrected chi connectivity index (χ3v) is 1.80. The Hall–Kier alpha value is -1.51. The molecule has 2 rings (SSSR count). The highest BCUT2D eigenvalue weighted by Crippen LogP contribution is 2.02. The van der Waals surface area contributed by atoms with E-state index < -0.39 is 0 Å². The summed E-state index contributed by atoms with van der Waals surface area (Å²) in [4.78, 5) is 0. The Balaban J connectivity index is 2.43. The largest absolute Gasteiger partial charge is 0.241 e. The first-order valence-corrected chi connectivity index (χ1v) is 3.93. The van der Waals surface area contributed by atoms with Gasteiger partial charge in [0.25, 0.3) is 0 Å². The van der Waals surface area contributed by atoms with Crippen LogP contribution in [0.4, 0.5) is 0 Å². The van der Waals surface area contributed by atoms with Crippen molar-refractivity contribution >= 4 is 13.3 Å². The maximum absolute atomic E-state index is 4.13. The predicted octanol–water partition coefficient (Wildman–Crippen LogP) is 0.131. The average Bonchev–Trinajstić information content (AvgIpc) is 2.58. The lowest BCUT2D eigenvalue weighted by Gasteiger charge is -2.00. The monoisotopic (exact) mass is 156 g/mol. The van der Waals surface area contributed by atoms with Crippen molar-refractivity contribution in [1.29, 1.82) is 0 Å². The molecule has 0 amide bonds. The minimum absolute atomic E-state index is 1.10. The minimum atomic E-state index is 1.10. The van der Waals surface area contributed by atoms with Gasteiger partial charge in [-0.1, -0.05) is 17.6 Å². The van der Waals surface area contributed by atoms with Crippen LogP contribution >= 0.6 is 0 Å². The zero-order chi connectivity index (χ0) is 8.39. The maximum Gasteiger partial charge on any atom is 0.139 e. The fourth-order valence-electron chi connectivity index (χ4n) is 1.12. The summed E-state index contributed by atoms with van der Waals surface area (Å²) < 4.78 is 1.85. The average molecular weight is 156 g/mol. The molecule has 0 radical (unpaired) electrons. The molecule has 0 atom stereocenters. The Bertz CT molecular complexity index is 351. The van der Waals surface area contributed by atoms with E-state index in [9.17, 15) is 0 Å². The van der Waals surface area contributed by atoms with E-state index in [-0.39, 0.29) is 0 Å². The molecular formula is C9H9BN2. The highest BCUT2D eigenvalue weighted by Gasteiger charge is 1.92.